The van der Waals surface area contributed by atoms with Gasteiger partial charge >= 0.3 is 0 Å². The zero-order valence-corrected chi connectivity index (χ0v) is 9.62. The lowest BCUT2D eigenvalue weighted by Crippen LogP contribution is -1.93. The van der Waals surface area contributed by atoms with Crippen LogP contribution in [0.3, 0.4) is 0 Å². The van der Waals surface area contributed by atoms with Gasteiger partial charge in [0, 0.05) is 12.9 Å². The predicted molar refractivity (Wildman–Crippen MR) is 62.9 cm³/mol. The molecular formula is C12H13ClN2. The number of aryl methyl sites for hydroxylation is 2. The molecular weight excluding hydrogens is 208 g/mol. The Labute approximate surface area is 94.5 Å². The van der Waals surface area contributed by atoms with Crippen LogP contribution in [0.25, 0.3) is 11.3 Å². The summed E-state index contributed by atoms with van der Waals surface area (Å²) in [5.74, 6) is 0.560. The topological polar surface area (TPSA) is 17.8 Å². The third-order valence-corrected chi connectivity index (χ3v) is 2.71. The zero-order valence-electron chi connectivity index (χ0n) is 8.87. The van der Waals surface area contributed by atoms with Gasteiger partial charge in [0.1, 0.15) is 0 Å². The highest BCUT2D eigenvalue weighted by Gasteiger charge is 2.04. The summed E-state index contributed by atoms with van der Waals surface area (Å²) in [6, 6.07) is 10.3. The molecule has 1 aromatic carbocycles. The van der Waals surface area contributed by atoms with E-state index < -0.39 is 0 Å². The Hall–Kier alpha value is -1.28. The average Bonchev–Trinajstić information content (AvgIpc) is 2.58. The Balaban J connectivity index is 2.41. The number of halogens is 1. The Morgan fingerprint density at radius 2 is 1.93 bits per heavy atom. The molecule has 2 nitrogen and oxygen atoms in total. The van der Waals surface area contributed by atoms with Gasteiger partial charge in [-0.3, -0.25) is 4.68 Å². The van der Waals surface area contributed by atoms with E-state index in [1.165, 1.54) is 5.56 Å². The fraction of sp³-hybridized carbons (Fsp3) is 0.250. The first-order valence-corrected chi connectivity index (χ1v) is 5.40. The van der Waals surface area contributed by atoms with Crippen LogP contribution in [0.1, 0.15) is 11.3 Å². The van der Waals surface area contributed by atoms with Crippen LogP contribution in [-0.4, -0.2) is 9.78 Å². The molecule has 0 fully saturated rings. The van der Waals surface area contributed by atoms with E-state index in [2.05, 4.69) is 23.3 Å². The van der Waals surface area contributed by atoms with Crippen LogP contribution >= 0.6 is 11.6 Å². The Morgan fingerprint density at radius 1 is 1.27 bits per heavy atom. The van der Waals surface area contributed by atoms with Crippen molar-refractivity contribution in [1.82, 2.24) is 9.78 Å². The second kappa shape index (κ2) is 4.07. The molecule has 0 unspecified atom stereocenters. The summed E-state index contributed by atoms with van der Waals surface area (Å²) in [5.41, 5.74) is 4.48. The van der Waals surface area contributed by atoms with Crippen LogP contribution in [0.15, 0.2) is 30.3 Å². The van der Waals surface area contributed by atoms with Crippen LogP contribution in [0.5, 0.6) is 0 Å². The second-order valence-electron chi connectivity index (χ2n) is 3.63. The highest BCUT2D eigenvalue weighted by atomic mass is 35.5. The molecule has 0 saturated heterocycles. The van der Waals surface area contributed by atoms with Gasteiger partial charge in [-0.1, -0.05) is 24.3 Å². The van der Waals surface area contributed by atoms with Gasteiger partial charge in [-0.05, 0) is 24.1 Å². The number of aromatic nitrogens is 2. The van der Waals surface area contributed by atoms with E-state index in [4.69, 9.17) is 11.6 Å². The van der Waals surface area contributed by atoms with E-state index in [9.17, 15) is 0 Å². The van der Waals surface area contributed by atoms with Gasteiger partial charge in [0.2, 0.25) is 0 Å². The highest BCUT2D eigenvalue weighted by Crippen LogP contribution is 2.20. The minimum atomic E-state index is 0.560. The van der Waals surface area contributed by atoms with E-state index in [0.717, 1.165) is 17.0 Å². The first-order chi connectivity index (χ1) is 7.20. The summed E-state index contributed by atoms with van der Waals surface area (Å²) in [7, 11) is 1.96. The quantitative estimate of drug-likeness (QED) is 0.711. The third kappa shape index (κ3) is 2.05. The Morgan fingerprint density at radius 3 is 2.40 bits per heavy atom. The molecule has 0 bridgehead atoms. The van der Waals surface area contributed by atoms with Crippen molar-refractivity contribution in [2.45, 2.75) is 12.8 Å². The smallest absolute Gasteiger partial charge is 0.0681 e. The molecule has 2 rings (SSSR count). The number of hydrogen-bond donors (Lipinski definition) is 0. The van der Waals surface area contributed by atoms with Crippen molar-refractivity contribution in [2.24, 2.45) is 7.05 Å². The van der Waals surface area contributed by atoms with Gasteiger partial charge in [0.25, 0.3) is 0 Å². The normalized spacial score (nSPS) is 10.6. The van der Waals surface area contributed by atoms with Gasteiger partial charge in [0.05, 0.1) is 11.4 Å². The Bertz CT molecular complexity index is 457. The number of alkyl halides is 1. The molecule has 0 saturated carbocycles. The van der Waals surface area contributed by atoms with E-state index in [1.54, 1.807) is 0 Å². The van der Waals surface area contributed by atoms with Crippen molar-refractivity contribution >= 4 is 11.6 Å². The van der Waals surface area contributed by atoms with Crippen LogP contribution in [0, 0.1) is 6.92 Å². The summed E-state index contributed by atoms with van der Waals surface area (Å²) in [5, 5.41) is 4.32. The highest BCUT2D eigenvalue weighted by molar-refractivity contribution is 6.17. The van der Waals surface area contributed by atoms with Crippen molar-refractivity contribution in [3.8, 4) is 11.3 Å². The fourth-order valence-electron chi connectivity index (χ4n) is 1.65. The number of benzene rings is 1. The summed E-state index contributed by atoms with van der Waals surface area (Å²) >= 11 is 5.74. The molecule has 0 atom stereocenters. The molecule has 0 radical (unpaired) electrons. The predicted octanol–water partition coefficient (Wildman–Crippen LogP) is 3.13. The van der Waals surface area contributed by atoms with Crippen molar-refractivity contribution in [1.29, 1.82) is 0 Å². The lowest BCUT2D eigenvalue weighted by molar-refractivity contribution is 0.764. The molecule has 0 spiro atoms. The Kier molecular flexibility index (Phi) is 2.78. The van der Waals surface area contributed by atoms with Crippen LogP contribution in [0.2, 0.25) is 0 Å². The van der Waals surface area contributed by atoms with Gasteiger partial charge < -0.3 is 0 Å². The van der Waals surface area contributed by atoms with Crippen molar-refractivity contribution in [3.63, 3.8) is 0 Å². The number of nitrogens with zero attached hydrogens (tertiary/aromatic N) is 2. The summed E-state index contributed by atoms with van der Waals surface area (Å²) < 4.78 is 1.89. The molecule has 0 aliphatic heterocycles. The molecule has 1 aromatic heterocycles. The first kappa shape index (κ1) is 10.2. The lowest BCUT2D eigenvalue weighted by Gasteiger charge is -2.02. The van der Waals surface area contributed by atoms with Crippen molar-refractivity contribution in [3.05, 3.63) is 41.6 Å². The average molecular weight is 221 g/mol. The van der Waals surface area contributed by atoms with E-state index in [0.29, 0.717) is 5.88 Å². The maximum Gasteiger partial charge on any atom is 0.0681 e. The van der Waals surface area contributed by atoms with Gasteiger partial charge in [-0.15, -0.1) is 11.6 Å². The number of rotatable bonds is 2. The monoisotopic (exact) mass is 220 g/mol. The number of hydrogen-bond acceptors (Lipinski definition) is 1. The molecule has 1 heterocycles. The first-order valence-electron chi connectivity index (χ1n) is 4.86. The molecule has 15 heavy (non-hydrogen) atoms. The molecule has 0 aliphatic carbocycles. The standard InChI is InChI=1S/C12H13ClN2/c1-9-7-12(15(2)14-9)11-5-3-10(8-13)4-6-11/h3-7H,8H2,1-2H3. The van der Waals surface area contributed by atoms with Crippen molar-refractivity contribution < 1.29 is 0 Å². The molecule has 78 valence electrons. The lowest BCUT2D eigenvalue weighted by atomic mass is 10.1. The maximum atomic E-state index is 5.74. The molecule has 0 N–H and O–H groups in total. The largest absolute Gasteiger partial charge is 0.268 e. The van der Waals surface area contributed by atoms with Crippen LogP contribution in [0.4, 0.5) is 0 Å². The van der Waals surface area contributed by atoms with Crippen molar-refractivity contribution in [2.75, 3.05) is 0 Å². The van der Waals surface area contributed by atoms with Gasteiger partial charge in [-0.2, -0.15) is 5.10 Å². The minimum absolute atomic E-state index is 0.560. The minimum Gasteiger partial charge on any atom is -0.268 e. The van der Waals surface area contributed by atoms with Crippen LogP contribution < -0.4 is 0 Å². The van der Waals surface area contributed by atoms with E-state index in [-0.39, 0.29) is 0 Å². The van der Waals surface area contributed by atoms with Gasteiger partial charge in [0.15, 0.2) is 0 Å². The fourth-order valence-corrected chi connectivity index (χ4v) is 1.82. The molecule has 0 amide bonds. The van der Waals surface area contributed by atoms with Gasteiger partial charge in [-0.25, -0.2) is 0 Å². The summed E-state index contributed by atoms with van der Waals surface area (Å²) in [4.78, 5) is 0. The third-order valence-electron chi connectivity index (χ3n) is 2.41. The van der Waals surface area contributed by atoms with E-state index in [1.807, 2.05) is 30.8 Å². The summed E-state index contributed by atoms with van der Waals surface area (Å²) in [6.07, 6.45) is 0. The zero-order chi connectivity index (χ0) is 10.8. The molecule has 2 aromatic rings. The SMILES string of the molecule is Cc1cc(-c2ccc(CCl)cc2)n(C)n1. The molecule has 0 aliphatic rings. The summed E-state index contributed by atoms with van der Waals surface area (Å²) in [6.45, 7) is 2.00. The van der Waals surface area contributed by atoms with E-state index >= 15 is 0 Å². The maximum absolute atomic E-state index is 5.74. The molecule has 3 heteroatoms. The second-order valence-corrected chi connectivity index (χ2v) is 3.89. The van der Waals surface area contributed by atoms with Crippen LogP contribution in [-0.2, 0) is 12.9 Å².